The molecule has 0 aliphatic heterocycles. The number of carbonyl (C=O) groups excluding carboxylic acids is 1. The minimum Gasteiger partial charge on any atom is -0.493 e. The van der Waals surface area contributed by atoms with Crippen LogP contribution in [-0.4, -0.2) is 24.1 Å². The van der Waals surface area contributed by atoms with Gasteiger partial charge in [-0.05, 0) is 48.0 Å². The second kappa shape index (κ2) is 11.4. The number of hydrogen-bond acceptors (Lipinski definition) is 6. The van der Waals surface area contributed by atoms with Crippen LogP contribution in [0.5, 0.6) is 11.5 Å². The van der Waals surface area contributed by atoms with Crippen molar-refractivity contribution in [1.82, 2.24) is 0 Å². The first kappa shape index (κ1) is 24.8. The molecule has 1 amide bonds. The van der Waals surface area contributed by atoms with Gasteiger partial charge in [-0.25, -0.2) is 4.79 Å². The van der Waals surface area contributed by atoms with Gasteiger partial charge in [0.25, 0.3) is 5.91 Å². The third-order valence-corrected chi connectivity index (χ3v) is 5.09. The number of methoxy groups -OCH3 is 1. The number of hydrogen-bond donors (Lipinski definition) is 2. The zero-order valence-corrected chi connectivity index (χ0v) is 19.2. The summed E-state index contributed by atoms with van der Waals surface area (Å²) in [5, 5.41) is 30.5. The van der Waals surface area contributed by atoms with E-state index in [4.69, 9.17) is 26.2 Å². The number of anilines is 1. The maximum atomic E-state index is 12.6. The Morgan fingerprint density at radius 2 is 1.89 bits per heavy atom. The summed E-state index contributed by atoms with van der Waals surface area (Å²) in [7, 11) is 1.42. The first-order valence-electron chi connectivity index (χ1n) is 10.1. The number of nitriles is 2. The Hall–Kier alpha value is -4.79. The molecule has 3 aromatic carbocycles. The van der Waals surface area contributed by atoms with Crippen molar-refractivity contribution in [2.75, 3.05) is 12.4 Å². The maximum Gasteiger partial charge on any atom is 0.335 e. The molecule has 0 fully saturated rings. The van der Waals surface area contributed by atoms with E-state index in [-0.39, 0.29) is 40.0 Å². The Labute approximate surface area is 206 Å². The third kappa shape index (κ3) is 6.17. The molecule has 3 rings (SSSR count). The highest BCUT2D eigenvalue weighted by Gasteiger charge is 2.15. The largest absolute Gasteiger partial charge is 0.493 e. The molecule has 35 heavy (non-hydrogen) atoms. The van der Waals surface area contributed by atoms with Crippen LogP contribution in [0.1, 0.15) is 27.0 Å². The van der Waals surface area contributed by atoms with Gasteiger partial charge in [-0.15, -0.1) is 0 Å². The summed E-state index contributed by atoms with van der Waals surface area (Å²) in [4.78, 5) is 23.7. The highest BCUT2D eigenvalue weighted by Crippen LogP contribution is 2.37. The zero-order chi connectivity index (χ0) is 25.4. The van der Waals surface area contributed by atoms with E-state index >= 15 is 0 Å². The van der Waals surface area contributed by atoms with Crippen molar-refractivity contribution in [3.63, 3.8) is 0 Å². The molecule has 0 aliphatic carbocycles. The monoisotopic (exact) mass is 487 g/mol. The molecular weight excluding hydrogens is 470 g/mol. The molecule has 0 radical (unpaired) electrons. The molecule has 2 N–H and O–H groups in total. The molecule has 0 aromatic heterocycles. The Morgan fingerprint density at radius 1 is 1.11 bits per heavy atom. The maximum absolute atomic E-state index is 12.6. The van der Waals surface area contributed by atoms with Crippen LogP contribution in [0.25, 0.3) is 6.08 Å². The summed E-state index contributed by atoms with van der Waals surface area (Å²) in [5.41, 5.74) is 1.54. The number of amides is 1. The van der Waals surface area contributed by atoms with E-state index < -0.39 is 11.9 Å². The van der Waals surface area contributed by atoms with Gasteiger partial charge in [0.05, 0.1) is 29.3 Å². The van der Waals surface area contributed by atoms with Crippen molar-refractivity contribution < 1.29 is 24.2 Å². The van der Waals surface area contributed by atoms with E-state index in [1.807, 2.05) is 6.07 Å². The lowest BCUT2D eigenvalue weighted by Gasteiger charge is -2.14. The number of ether oxygens (including phenoxy) is 2. The molecular formula is C26H18ClN3O5. The fourth-order valence-corrected chi connectivity index (χ4v) is 3.39. The van der Waals surface area contributed by atoms with E-state index in [0.717, 1.165) is 0 Å². The van der Waals surface area contributed by atoms with Crippen LogP contribution in [0.2, 0.25) is 5.02 Å². The molecule has 9 heteroatoms. The molecule has 0 unspecified atom stereocenters. The summed E-state index contributed by atoms with van der Waals surface area (Å²) in [6.07, 6.45) is 1.32. The number of halogens is 1. The van der Waals surface area contributed by atoms with Gasteiger partial charge in [0.2, 0.25) is 0 Å². The van der Waals surface area contributed by atoms with Gasteiger partial charge in [-0.1, -0.05) is 35.9 Å². The molecule has 0 saturated carbocycles. The van der Waals surface area contributed by atoms with Crippen molar-refractivity contribution in [1.29, 1.82) is 10.5 Å². The molecule has 0 aliphatic rings. The average molecular weight is 488 g/mol. The minimum absolute atomic E-state index is 0.00483. The van der Waals surface area contributed by atoms with E-state index in [1.54, 1.807) is 30.3 Å². The molecule has 174 valence electrons. The van der Waals surface area contributed by atoms with Crippen molar-refractivity contribution in [3.8, 4) is 23.6 Å². The summed E-state index contributed by atoms with van der Waals surface area (Å²) in [6, 6.07) is 19.6. The van der Waals surface area contributed by atoms with Gasteiger partial charge in [-0.3, -0.25) is 4.79 Å². The number of nitrogens with one attached hydrogen (secondary N) is 1. The van der Waals surface area contributed by atoms with Gasteiger partial charge < -0.3 is 19.9 Å². The van der Waals surface area contributed by atoms with Crippen molar-refractivity contribution in [2.45, 2.75) is 6.61 Å². The average Bonchev–Trinajstić information content (AvgIpc) is 2.86. The smallest absolute Gasteiger partial charge is 0.335 e. The van der Waals surface area contributed by atoms with Gasteiger partial charge in [0.15, 0.2) is 11.5 Å². The van der Waals surface area contributed by atoms with Crippen molar-refractivity contribution >= 4 is 35.2 Å². The lowest BCUT2D eigenvalue weighted by atomic mass is 10.1. The molecule has 0 atom stereocenters. The van der Waals surface area contributed by atoms with Crippen LogP contribution in [0, 0.1) is 22.7 Å². The second-order valence-electron chi connectivity index (χ2n) is 7.10. The summed E-state index contributed by atoms with van der Waals surface area (Å²) < 4.78 is 11.2. The Kier molecular flexibility index (Phi) is 8.07. The number of nitrogens with zero attached hydrogens (tertiary/aromatic N) is 2. The normalized spacial score (nSPS) is 10.6. The van der Waals surface area contributed by atoms with Crippen LogP contribution < -0.4 is 14.8 Å². The number of carboxylic acid groups (broad SMARTS) is 1. The quantitative estimate of drug-likeness (QED) is 0.336. The van der Waals surface area contributed by atoms with Crippen LogP contribution in [0.4, 0.5) is 5.69 Å². The molecule has 0 heterocycles. The summed E-state index contributed by atoms with van der Waals surface area (Å²) in [6.45, 7) is 0.0796. The van der Waals surface area contributed by atoms with Crippen molar-refractivity contribution in [3.05, 3.63) is 93.5 Å². The minimum atomic E-state index is -1.14. The SMILES string of the molecule is COc1cc(C=C(C#N)C(=O)Nc2cccc(C(=O)O)c2)cc(Cl)c1OCc1ccccc1C#N. The Balaban J connectivity index is 1.84. The molecule has 0 spiro atoms. The number of rotatable bonds is 8. The number of carboxylic acids is 1. The van der Waals surface area contributed by atoms with E-state index in [2.05, 4.69) is 11.4 Å². The summed E-state index contributed by atoms with van der Waals surface area (Å²) >= 11 is 6.40. The van der Waals surface area contributed by atoms with Crippen LogP contribution in [0.15, 0.2) is 66.2 Å². The number of aromatic carboxylic acids is 1. The zero-order valence-electron chi connectivity index (χ0n) is 18.4. The van der Waals surface area contributed by atoms with Crippen molar-refractivity contribution in [2.24, 2.45) is 0 Å². The van der Waals surface area contributed by atoms with Crippen LogP contribution in [-0.2, 0) is 11.4 Å². The fourth-order valence-electron chi connectivity index (χ4n) is 3.11. The van der Waals surface area contributed by atoms with E-state index in [1.165, 1.54) is 43.5 Å². The predicted octanol–water partition coefficient (Wildman–Crippen LogP) is 5.04. The molecule has 3 aromatic rings. The topological polar surface area (TPSA) is 132 Å². The first-order chi connectivity index (χ1) is 16.9. The number of carbonyl (C=O) groups is 2. The molecule has 0 saturated heterocycles. The standard InChI is InChI=1S/C26H18ClN3O5/c1-34-23-11-16(10-22(27)24(23)35-15-19-6-3-2-5-18(19)13-28)9-20(14-29)25(31)30-21-8-4-7-17(12-21)26(32)33/h2-12H,15H2,1H3,(H,30,31)(H,32,33). The van der Waals surface area contributed by atoms with Gasteiger partial charge in [-0.2, -0.15) is 10.5 Å². The van der Waals surface area contributed by atoms with Gasteiger partial charge >= 0.3 is 5.97 Å². The third-order valence-electron chi connectivity index (χ3n) is 4.81. The Bertz CT molecular complexity index is 1400. The Morgan fingerprint density at radius 3 is 2.57 bits per heavy atom. The molecule has 0 bridgehead atoms. The highest BCUT2D eigenvalue weighted by molar-refractivity contribution is 6.32. The lowest BCUT2D eigenvalue weighted by molar-refractivity contribution is -0.112. The lowest BCUT2D eigenvalue weighted by Crippen LogP contribution is -2.14. The number of benzene rings is 3. The second-order valence-corrected chi connectivity index (χ2v) is 7.51. The highest BCUT2D eigenvalue weighted by atomic mass is 35.5. The predicted molar refractivity (Wildman–Crippen MR) is 129 cm³/mol. The molecule has 8 nitrogen and oxygen atoms in total. The van der Waals surface area contributed by atoms with E-state index in [9.17, 15) is 20.1 Å². The van der Waals surface area contributed by atoms with Crippen LogP contribution in [0.3, 0.4) is 0 Å². The summed E-state index contributed by atoms with van der Waals surface area (Å²) in [5.74, 6) is -1.35. The fraction of sp³-hybridized carbons (Fsp3) is 0.0769. The van der Waals surface area contributed by atoms with E-state index in [0.29, 0.717) is 16.7 Å². The van der Waals surface area contributed by atoms with Gasteiger partial charge in [0, 0.05) is 11.3 Å². The first-order valence-corrected chi connectivity index (χ1v) is 10.5. The van der Waals surface area contributed by atoms with Crippen LogP contribution >= 0.6 is 11.6 Å². The van der Waals surface area contributed by atoms with Gasteiger partial charge in [0.1, 0.15) is 18.2 Å².